The molecule has 0 spiro atoms. The van der Waals surface area contributed by atoms with E-state index in [0.717, 1.165) is 13.1 Å². The van der Waals surface area contributed by atoms with Crippen molar-refractivity contribution in [3.05, 3.63) is 54.1 Å². The van der Waals surface area contributed by atoms with E-state index in [9.17, 15) is 0 Å². The summed E-state index contributed by atoms with van der Waals surface area (Å²) in [7, 11) is 0. The van der Waals surface area contributed by atoms with Crippen molar-refractivity contribution in [2.75, 3.05) is 23.3 Å². The van der Waals surface area contributed by atoms with Crippen LogP contribution in [0.2, 0.25) is 0 Å². The summed E-state index contributed by atoms with van der Waals surface area (Å²) in [6.45, 7) is 6.46. The van der Waals surface area contributed by atoms with E-state index >= 15 is 0 Å². The fourth-order valence-electron chi connectivity index (χ4n) is 2.59. The van der Waals surface area contributed by atoms with E-state index < -0.39 is 0 Å². The van der Waals surface area contributed by atoms with E-state index in [0.29, 0.717) is 5.92 Å². The largest absolute Gasteiger partial charge is 0.382 e. The second-order valence-corrected chi connectivity index (χ2v) is 5.34. The number of fused-ring (bicyclic) bond motifs is 1. The van der Waals surface area contributed by atoms with Crippen molar-refractivity contribution >= 4 is 17.1 Å². The van der Waals surface area contributed by atoms with Gasteiger partial charge in [-0.15, -0.1) is 0 Å². The molecule has 1 aliphatic rings. The molecule has 2 aromatic rings. The maximum atomic E-state index is 3.45. The molecule has 2 aromatic carbocycles. The van der Waals surface area contributed by atoms with Crippen molar-refractivity contribution < 1.29 is 0 Å². The van der Waals surface area contributed by atoms with Gasteiger partial charge in [0.2, 0.25) is 0 Å². The third kappa shape index (κ3) is 2.30. The second-order valence-electron chi connectivity index (χ2n) is 5.34. The minimum Gasteiger partial charge on any atom is -0.382 e. The standard InChI is InChI=1S/C17H20N2/c1-13(2)14-7-9-15(10-8-14)19-12-11-18-16-5-3-4-6-17(16)19/h3-10,13,18H,11-12H2,1-2H3. The summed E-state index contributed by atoms with van der Waals surface area (Å²) in [5, 5.41) is 3.45. The van der Waals surface area contributed by atoms with Gasteiger partial charge in [-0.2, -0.15) is 0 Å². The summed E-state index contributed by atoms with van der Waals surface area (Å²) in [4.78, 5) is 2.38. The first-order valence-corrected chi connectivity index (χ1v) is 6.96. The lowest BCUT2D eigenvalue weighted by molar-refractivity contribution is 0.864. The number of nitrogens with zero attached hydrogens (tertiary/aromatic N) is 1. The Morgan fingerprint density at radius 2 is 1.74 bits per heavy atom. The van der Waals surface area contributed by atoms with Gasteiger partial charge in [-0.3, -0.25) is 0 Å². The Kier molecular flexibility index (Phi) is 3.16. The van der Waals surface area contributed by atoms with Gasteiger partial charge in [0.1, 0.15) is 0 Å². The Morgan fingerprint density at radius 3 is 2.47 bits per heavy atom. The number of anilines is 3. The van der Waals surface area contributed by atoms with Gasteiger partial charge < -0.3 is 10.2 Å². The van der Waals surface area contributed by atoms with Crippen molar-refractivity contribution in [3.63, 3.8) is 0 Å². The van der Waals surface area contributed by atoms with Gasteiger partial charge in [0.15, 0.2) is 0 Å². The Labute approximate surface area is 115 Å². The van der Waals surface area contributed by atoms with Gasteiger partial charge >= 0.3 is 0 Å². The molecule has 98 valence electrons. The fourth-order valence-corrected chi connectivity index (χ4v) is 2.59. The molecule has 2 heteroatoms. The molecule has 0 amide bonds. The molecule has 0 unspecified atom stereocenters. The average molecular weight is 252 g/mol. The van der Waals surface area contributed by atoms with Gasteiger partial charge in [-0.05, 0) is 35.7 Å². The fraction of sp³-hybridized carbons (Fsp3) is 0.294. The van der Waals surface area contributed by atoms with E-state index in [1.54, 1.807) is 0 Å². The van der Waals surface area contributed by atoms with Crippen molar-refractivity contribution in [1.29, 1.82) is 0 Å². The zero-order valence-corrected chi connectivity index (χ0v) is 11.6. The van der Waals surface area contributed by atoms with Crippen LogP contribution in [0.15, 0.2) is 48.5 Å². The molecule has 0 bridgehead atoms. The third-order valence-electron chi connectivity index (χ3n) is 3.72. The van der Waals surface area contributed by atoms with E-state index in [1.165, 1.54) is 22.6 Å². The maximum Gasteiger partial charge on any atom is 0.0647 e. The Bertz CT molecular complexity index is 558. The maximum absolute atomic E-state index is 3.45. The number of para-hydroxylation sites is 2. The summed E-state index contributed by atoms with van der Waals surface area (Å²) in [6, 6.07) is 17.4. The lowest BCUT2D eigenvalue weighted by atomic mass is 10.0. The molecule has 0 fully saturated rings. The van der Waals surface area contributed by atoms with Crippen LogP contribution in [0.1, 0.15) is 25.3 Å². The SMILES string of the molecule is CC(C)c1ccc(N2CCNc3ccccc32)cc1. The lowest BCUT2D eigenvalue weighted by Gasteiger charge is -2.32. The first-order chi connectivity index (χ1) is 9.25. The first-order valence-electron chi connectivity index (χ1n) is 6.96. The van der Waals surface area contributed by atoms with Crippen LogP contribution < -0.4 is 10.2 Å². The molecule has 0 atom stereocenters. The van der Waals surface area contributed by atoms with Crippen LogP contribution in [0.3, 0.4) is 0 Å². The van der Waals surface area contributed by atoms with E-state index in [1.807, 2.05) is 0 Å². The lowest BCUT2D eigenvalue weighted by Crippen LogP contribution is -2.29. The van der Waals surface area contributed by atoms with Gasteiger partial charge in [0.25, 0.3) is 0 Å². The highest BCUT2D eigenvalue weighted by molar-refractivity contribution is 5.78. The summed E-state index contributed by atoms with van der Waals surface area (Å²) in [5.41, 5.74) is 5.17. The molecule has 0 aromatic heterocycles. The molecule has 3 rings (SSSR count). The summed E-state index contributed by atoms with van der Waals surface area (Å²) in [6.07, 6.45) is 0. The molecule has 0 radical (unpaired) electrons. The van der Waals surface area contributed by atoms with E-state index in [-0.39, 0.29) is 0 Å². The molecular weight excluding hydrogens is 232 g/mol. The zero-order chi connectivity index (χ0) is 13.2. The number of hydrogen-bond donors (Lipinski definition) is 1. The van der Waals surface area contributed by atoms with Gasteiger partial charge in [0.05, 0.1) is 11.4 Å². The molecule has 1 heterocycles. The van der Waals surface area contributed by atoms with Crippen LogP contribution in [0.4, 0.5) is 17.1 Å². The molecule has 19 heavy (non-hydrogen) atoms. The predicted molar refractivity (Wildman–Crippen MR) is 82.5 cm³/mol. The zero-order valence-electron chi connectivity index (χ0n) is 11.6. The van der Waals surface area contributed by atoms with Crippen molar-refractivity contribution in [2.24, 2.45) is 0 Å². The van der Waals surface area contributed by atoms with Gasteiger partial charge in [-0.1, -0.05) is 38.1 Å². The summed E-state index contributed by atoms with van der Waals surface area (Å²) >= 11 is 0. The first kappa shape index (κ1) is 12.1. The number of benzene rings is 2. The van der Waals surface area contributed by atoms with Gasteiger partial charge in [0, 0.05) is 18.8 Å². The summed E-state index contributed by atoms with van der Waals surface area (Å²) < 4.78 is 0. The Morgan fingerprint density at radius 1 is 1.00 bits per heavy atom. The number of rotatable bonds is 2. The van der Waals surface area contributed by atoms with Crippen LogP contribution in [-0.2, 0) is 0 Å². The summed E-state index contributed by atoms with van der Waals surface area (Å²) in [5.74, 6) is 0.587. The normalized spacial score (nSPS) is 14.2. The molecular formula is C17H20N2. The molecule has 1 N–H and O–H groups in total. The topological polar surface area (TPSA) is 15.3 Å². The van der Waals surface area contributed by atoms with Crippen LogP contribution in [0.5, 0.6) is 0 Å². The highest BCUT2D eigenvalue weighted by Crippen LogP contribution is 2.34. The van der Waals surface area contributed by atoms with Gasteiger partial charge in [-0.25, -0.2) is 0 Å². The monoisotopic (exact) mass is 252 g/mol. The van der Waals surface area contributed by atoms with E-state index in [4.69, 9.17) is 0 Å². The molecule has 0 saturated heterocycles. The number of hydrogen-bond acceptors (Lipinski definition) is 2. The smallest absolute Gasteiger partial charge is 0.0647 e. The van der Waals surface area contributed by atoms with Crippen molar-refractivity contribution in [1.82, 2.24) is 0 Å². The average Bonchev–Trinajstić information content (AvgIpc) is 2.47. The Balaban J connectivity index is 1.95. The number of nitrogens with one attached hydrogen (secondary N) is 1. The minimum absolute atomic E-state index is 0.587. The third-order valence-corrected chi connectivity index (χ3v) is 3.72. The quantitative estimate of drug-likeness (QED) is 0.853. The van der Waals surface area contributed by atoms with Crippen LogP contribution in [0.25, 0.3) is 0 Å². The van der Waals surface area contributed by atoms with Crippen LogP contribution in [0, 0.1) is 0 Å². The highest BCUT2D eigenvalue weighted by Gasteiger charge is 2.17. The van der Waals surface area contributed by atoms with Crippen LogP contribution in [-0.4, -0.2) is 13.1 Å². The van der Waals surface area contributed by atoms with E-state index in [2.05, 4.69) is 72.6 Å². The Hall–Kier alpha value is -1.96. The highest BCUT2D eigenvalue weighted by atomic mass is 15.2. The van der Waals surface area contributed by atoms with Crippen molar-refractivity contribution in [2.45, 2.75) is 19.8 Å². The molecule has 0 saturated carbocycles. The second kappa shape index (κ2) is 4.96. The van der Waals surface area contributed by atoms with Crippen molar-refractivity contribution in [3.8, 4) is 0 Å². The molecule has 2 nitrogen and oxygen atoms in total. The predicted octanol–water partition coefficient (Wildman–Crippen LogP) is 4.37. The molecule has 1 aliphatic heterocycles. The molecule has 0 aliphatic carbocycles. The van der Waals surface area contributed by atoms with Crippen LogP contribution >= 0.6 is 0 Å². The minimum atomic E-state index is 0.587.